The molecule has 0 aliphatic carbocycles. The Hall–Kier alpha value is -2.21. The zero-order valence-electron chi connectivity index (χ0n) is 10.5. The molecular weight excluding hydrogens is 245 g/mol. The van der Waals surface area contributed by atoms with Crippen molar-refractivity contribution in [3.8, 4) is 0 Å². The van der Waals surface area contributed by atoms with Crippen molar-refractivity contribution in [3.63, 3.8) is 0 Å². The maximum atomic E-state index is 12.8. The van der Waals surface area contributed by atoms with E-state index in [9.17, 15) is 4.39 Å². The topological polar surface area (TPSA) is 58.0 Å². The summed E-state index contributed by atoms with van der Waals surface area (Å²) in [7, 11) is 1.88. The first kappa shape index (κ1) is 11.9. The standard InChI is InChI=1S/C13H14FN5/c1-15-7-11-8-19-13(16-11)17-12(18-19)6-9-2-4-10(14)5-3-9/h2-5,8,15H,6-7H2,1H3,(H,16,17,18). The molecule has 2 heterocycles. The minimum absolute atomic E-state index is 0.227. The van der Waals surface area contributed by atoms with E-state index in [4.69, 9.17) is 0 Å². The van der Waals surface area contributed by atoms with Crippen LogP contribution < -0.4 is 5.32 Å². The maximum absolute atomic E-state index is 12.8. The average molecular weight is 259 g/mol. The van der Waals surface area contributed by atoms with Crippen molar-refractivity contribution >= 4 is 5.78 Å². The van der Waals surface area contributed by atoms with Crippen LogP contribution in [0.4, 0.5) is 4.39 Å². The Balaban J connectivity index is 1.81. The summed E-state index contributed by atoms with van der Waals surface area (Å²) in [4.78, 5) is 8.79. The van der Waals surface area contributed by atoms with Gasteiger partial charge in [-0.3, -0.25) is 5.10 Å². The van der Waals surface area contributed by atoms with E-state index in [1.165, 1.54) is 12.1 Å². The highest BCUT2D eigenvalue weighted by Gasteiger charge is 2.07. The van der Waals surface area contributed by atoms with Gasteiger partial charge in [-0.15, -0.1) is 0 Å². The van der Waals surface area contributed by atoms with Gasteiger partial charge in [0.1, 0.15) is 11.6 Å². The number of nitrogens with one attached hydrogen (secondary N) is 2. The molecule has 2 N–H and O–H groups in total. The molecule has 98 valence electrons. The number of H-pyrrole nitrogens is 1. The fraction of sp³-hybridized carbons (Fsp3) is 0.231. The minimum atomic E-state index is -0.227. The number of benzene rings is 1. The summed E-state index contributed by atoms with van der Waals surface area (Å²) in [5.41, 5.74) is 1.95. The van der Waals surface area contributed by atoms with Crippen LogP contribution in [0.15, 0.2) is 30.5 Å². The van der Waals surface area contributed by atoms with Crippen molar-refractivity contribution in [2.24, 2.45) is 0 Å². The second kappa shape index (κ2) is 4.81. The molecular formula is C13H14FN5. The molecule has 3 aromatic rings. The number of nitrogens with zero attached hydrogens (tertiary/aromatic N) is 3. The van der Waals surface area contributed by atoms with Crippen molar-refractivity contribution in [2.45, 2.75) is 13.0 Å². The number of rotatable bonds is 4. The van der Waals surface area contributed by atoms with Gasteiger partial charge in [0.15, 0.2) is 0 Å². The van der Waals surface area contributed by atoms with Gasteiger partial charge in [0.05, 0.1) is 11.9 Å². The Bertz CT molecular complexity index is 651. The molecule has 0 saturated heterocycles. The smallest absolute Gasteiger partial charge is 0.250 e. The third-order valence-corrected chi connectivity index (χ3v) is 2.86. The lowest BCUT2D eigenvalue weighted by Crippen LogP contribution is -2.05. The van der Waals surface area contributed by atoms with Gasteiger partial charge in [0.2, 0.25) is 0 Å². The van der Waals surface area contributed by atoms with Gasteiger partial charge < -0.3 is 5.32 Å². The summed E-state index contributed by atoms with van der Waals surface area (Å²) >= 11 is 0. The van der Waals surface area contributed by atoms with Crippen LogP contribution in [0.5, 0.6) is 0 Å². The fourth-order valence-corrected chi connectivity index (χ4v) is 2.00. The molecule has 2 aromatic heterocycles. The zero-order valence-corrected chi connectivity index (χ0v) is 10.5. The van der Waals surface area contributed by atoms with E-state index in [0.717, 1.165) is 17.1 Å². The quantitative estimate of drug-likeness (QED) is 0.746. The summed E-state index contributed by atoms with van der Waals surface area (Å²) in [6.07, 6.45) is 2.54. The predicted octanol–water partition coefficient (Wildman–Crippen LogP) is 1.51. The summed E-state index contributed by atoms with van der Waals surface area (Å²) < 4.78 is 14.6. The van der Waals surface area contributed by atoms with E-state index < -0.39 is 0 Å². The Labute approximate surface area is 109 Å². The van der Waals surface area contributed by atoms with E-state index in [1.807, 2.05) is 13.2 Å². The second-order valence-corrected chi connectivity index (χ2v) is 4.41. The molecule has 0 bridgehead atoms. The molecule has 0 spiro atoms. The van der Waals surface area contributed by atoms with Crippen molar-refractivity contribution in [1.29, 1.82) is 0 Å². The highest BCUT2D eigenvalue weighted by molar-refractivity contribution is 5.31. The van der Waals surface area contributed by atoms with Gasteiger partial charge >= 0.3 is 0 Å². The number of hydrogen-bond donors (Lipinski definition) is 2. The molecule has 0 aliphatic heterocycles. The van der Waals surface area contributed by atoms with Crippen molar-refractivity contribution < 1.29 is 4.39 Å². The number of imidazole rings is 1. The molecule has 0 unspecified atom stereocenters. The zero-order chi connectivity index (χ0) is 13.2. The summed E-state index contributed by atoms with van der Waals surface area (Å²) in [5.74, 6) is 1.24. The van der Waals surface area contributed by atoms with Crippen LogP contribution in [-0.2, 0) is 13.0 Å². The molecule has 3 rings (SSSR count). The largest absolute Gasteiger partial charge is 0.314 e. The molecule has 19 heavy (non-hydrogen) atoms. The number of aromatic amines is 1. The Kier molecular flexibility index (Phi) is 3.00. The van der Waals surface area contributed by atoms with Crippen LogP contribution in [0.3, 0.4) is 0 Å². The fourth-order valence-electron chi connectivity index (χ4n) is 2.00. The lowest BCUT2D eigenvalue weighted by atomic mass is 10.1. The molecule has 0 aliphatic rings. The van der Waals surface area contributed by atoms with E-state index >= 15 is 0 Å². The first-order valence-electron chi connectivity index (χ1n) is 6.06. The lowest BCUT2D eigenvalue weighted by Gasteiger charge is -1.97. The van der Waals surface area contributed by atoms with E-state index in [1.54, 1.807) is 16.6 Å². The maximum Gasteiger partial charge on any atom is 0.250 e. The Morgan fingerprint density at radius 3 is 2.74 bits per heavy atom. The first-order valence-corrected chi connectivity index (χ1v) is 6.06. The monoisotopic (exact) mass is 259 g/mol. The number of fused-ring (bicyclic) bond motifs is 1. The highest BCUT2D eigenvalue weighted by Crippen LogP contribution is 2.09. The molecule has 1 aromatic carbocycles. The lowest BCUT2D eigenvalue weighted by molar-refractivity contribution is 0.627. The molecule has 5 nitrogen and oxygen atoms in total. The Morgan fingerprint density at radius 1 is 1.26 bits per heavy atom. The predicted molar refractivity (Wildman–Crippen MR) is 69.3 cm³/mol. The van der Waals surface area contributed by atoms with Crippen molar-refractivity contribution in [3.05, 3.63) is 53.4 Å². The summed E-state index contributed by atoms with van der Waals surface area (Å²) in [6, 6.07) is 6.42. The molecule has 0 amide bonds. The number of halogens is 1. The van der Waals surface area contributed by atoms with Crippen LogP contribution in [0.1, 0.15) is 17.1 Å². The SMILES string of the molecule is CNCc1cn2[nH]c(Cc3ccc(F)cc3)nc2n1. The third-order valence-electron chi connectivity index (χ3n) is 2.86. The van der Waals surface area contributed by atoms with Crippen LogP contribution in [0.25, 0.3) is 5.78 Å². The van der Waals surface area contributed by atoms with Crippen molar-refractivity contribution in [2.75, 3.05) is 7.05 Å². The van der Waals surface area contributed by atoms with Crippen molar-refractivity contribution in [1.82, 2.24) is 24.9 Å². The van der Waals surface area contributed by atoms with Gasteiger partial charge in [0, 0.05) is 13.0 Å². The van der Waals surface area contributed by atoms with E-state index in [-0.39, 0.29) is 5.82 Å². The van der Waals surface area contributed by atoms with Gasteiger partial charge in [0.25, 0.3) is 5.78 Å². The Morgan fingerprint density at radius 2 is 2.05 bits per heavy atom. The average Bonchev–Trinajstić information content (AvgIpc) is 2.90. The molecule has 0 fully saturated rings. The molecule has 0 atom stereocenters. The first-order chi connectivity index (χ1) is 9.24. The van der Waals surface area contributed by atoms with E-state index in [0.29, 0.717) is 18.7 Å². The van der Waals surface area contributed by atoms with Crippen LogP contribution in [0, 0.1) is 5.82 Å². The van der Waals surface area contributed by atoms with Gasteiger partial charge in [-0.2, -0.15) is 4.98 Å². The van der Waals surface area contributed by atoms with Crippen LogP contribution >= 0.6 is 0 Å². The van der Waals surface area contributed by atoms with Crippen LogP contribution in [-0.4, -0.2) is 26.6 Å². The summed E-state index contributed by atoms with van der Waals surface area (Å²) in [5, 5.41) is 6.20. The second-order valence-electron chi connectivity index (χ2n) is 4.41. The van der Waals surface area contributed by atoms with Gasteiger partial charge in [-0.25, -0.2) is 13.9 Å². The molecule has 6 heteroatoms. The molecule has 0 saturated carbocycles. The minimum Gasteiger partial charge on any atom is -0.314 e. The highest BCUT2D eigenvalue weighted by atomic mass is 19.1. The van der Waals surface area contributed by atoms with E-state index in [2.05, 4.69) is 20.4 Å². The number of aromatic nitrogens is 4. The summed E-state index contributed by atoms with van der Waals surface area (Å²) in [6.45, 7) is 0.713. The molecule has 0 radical (unpaired) electrons. The normalized spacial score (nSPS) is 11.3. The number of hydrogen-bond acceptors (Lipinski definition) is 3. The van der Waals surface area contributed by atoms with Crippen LogP contribution in [0.2, 0.25) is 0 Å². The van der Waals surface area contributed by atoms with Gasteiger partial charge in [-0.05, 0) is 24.7 Å². The third kappa shape index (κ3) is 2.48. The van der Waals surface area contributed by atoms with Gasteiger partial charge in [-0.1, -0.05) is 12.1 Å².